The predicted octanol–water partition coefficient (Wildman–Crippen LogP) is 2.50. The third kappa shape index (κ3) is 2.89. The smallest absolute Gasteiger partial charge is 0.338 e. The number of hydrogen-bond acceptors (Lipinski definition) is 4. The predicted molar refractivity (Wildman–Crippen MR) is 83.3 cm³/mol. The Labute approximate surface area is 130 Å². The Bertz CT molecular complexity index is 555. The summed E-state index contributed by atoms with van der Waals surface area (Å²) in [6.45, 7) is 1.89. The molecule has 0 fully saturated rings. The largest absolute Gasteiger partial charge is 0.464 e. The average Bonchev–Trinajstić information content (AvgIpc) is 2.58. The minimum Gasteiger partial charge on any atom is -0.464 e. The maximum atomic E-state index is 12.1. The summed E-state index contributed by atoms with van der Waals surface area (Å²) in [6.07, 6.45) is -1.47. The van der Waals surface area contributed by atoms with Crippen LogP contribution in [-0.4, -0.2) is 30.9 Å². The quantitative estimate of drug-likeness (QED) is 0.833. The number of methoxy groups -OCH3 is 1. The van der Waals surface area contributed by atoms with Gasteiger partial charge < -0.3 is 14.6 Å². The highest BCUT2D eigenvalue weighted by atomic mass is 16.6. The van der Waals surface area contributed by atoms with Crippen LogP contribution in [0.15, 0.2) is 60.7 Å². The Kier molecular flexibility index (Phi) is 5.31. The lowest BCUT2D eigenvalue weighted by atomic mass is 9.81. The molecule has 4 nitrogen and oxygen atoms in total. The second-order valence-electron chi connectivity index (χ2n) is 4.83. The second-order valence-corrected chi connectivity index (χ2v) is 4.83. The Morgan fingerprint density at radius 3 is 1.86 bits per heavy atom. The van der Waals surface area contributed by atoms with Gasteiger partial charge in [0.15, 0.2) is 11.7 Å². The van der Waals surface area contributed by atoms with E-state index in [0.717, 1.165) is 0 Å². The van der Waals surface area contributed by atoms with Crippen LogP contribution in [0.1, 0.15) is 18.1 Å². The zero-order valence-electron chi connectivity index (χ0n) is 12.7. The molecule has 4 heteroatoms. The molecule has 0 unspecified atom stereocenters. The summed E-state index contributed by atoms with van der Waals surface area (Å²) in [4.78, 5) is 12.1. The molecule has 0 bridgehead atoms. The third-order valence-electron chi connectivity index (χ3n) is 3.62. The summed E-state index contributed by atoms with van der Waals surface area (Å²) in [5, 5.41) is 10.7. The van der Waals surface area contributed by atoms with E-state index in [1.807, 2.05) is 60.7 Å². The minimum absolute atomic E-state index is 0.194. The van der Waals surface area contributed by atoms with Crippen LogP contribution < -0.4 is 0 Å². The molecule has 0 saturated carbocycles. The van der Waals surface area contributed by atoms with E-state index in [4.69, 9.17) is 9.47 Å². The molecular weight excluding hydrogens is 280 g/mol. The van der Waals surface area contributed by atoms with Crippen LogP contribution in [0.5, 0.6) is 0 Å². The Hall–Kier alpha value is -2.17. The van der Waals surface area contributed by atoms with Gasteiger partial charge >= 0.3 is 5.97 Å². The van der Waals surface area contributed by atoms with Gasteiger partial charge in [0, 0.05) is 7.11 Å². The van der Waals surface area contributed by atoms with Crippen molar-refractivity contribution in [1.29, 1.82) is 0 Å². The summed E-state index contributed by atoms with van der Waals surface area (Å²) < 4.78 is 10.7. The van der Waals surface area contributed by atoms with Crippen molar-refractivity contribution in [2.45, 2.75) is 18.6 Å². The molecule has 2 rings (SSSR count). The van der Waals surface area contributed by atoms with Crippen molar-refractivity contribution in [1.82, 2.24) is 0 Å². The number of rotatable bonds is 6. The van der Waals surface area contributed by atoms with E-state index in [1.54, 1.807) is 6.92 Å². The van der Waals surface area contributed by atoms with Gasteiger partial charge in [-0.15, -0.1) is 0 Å². The van der Waals surface area contributed by atoms with Gasteiger partial charge in [0.1, 0.15) is 0 Å². The summed E-state index contributed by atoms with van der Waals surface area (Å²) in [6, 6.07) is 18.4. The van der Waals surface area contributed by atoms with Crippen LogP contribution >= 0.6 is 0 Å². The van der Waals surface area contributed by atoms with Crippen molar-refractivity contribution >= 4 is 5.97 Å². The van der Waals surface area contributed by atoms with Crippen molar-refractivity contribution in [3.8, 4) is 0 Å². The van der Waals surface area contributed by atoms with Crippen LogP contribution in [0.3, 0.4) is 0 Å². The fraction of sp³-hybridized carbons (Fsp3) is 0.278. The molecule has 0 saturated heterocycles. The maximum Gasteiger partial charge on any atom is 0.338 e. The lowest BCUT2D eigenvalue weighted by Gasteiger charge is -2.36. The van der Waals surface area contributed by atoms with Crippen molar-refractivity contribution in [2.75, 3.05) is 13.7 Å². The third-order valence-corrected chi connectivity index (χ3v) is 3.62. The zero-order chi connectivity index (χ0) is 16.0. The average molecular weight is 300 g/mol. The van der Waals surface area contributed by atoms with E-state index in [9.17, 15) is 9.90 Å². The van der Waals surface area contributed by atoms with Crippen LogP contribution in [0, 0.1) is 0 Å². The topological polar surface area (TPSA) is 55.8 Å². The number of ether oxygens (including phenoxy) is 2. The van der Waals surface area contributed by atoms with Gasteiger partial charge in [-0.1, -0.05) is 60.7 Å². The number of carbonyl (C=O) groups is 1. The van der Waals surface area contributed by atoms with Gasteiger partial charge in [-0.05, 0) is 18.1 Å². The highest BCUT2D eigenvalue weighted by Gasteiger charge is 2.46. The first-order valence-corrected chi connectivity index (χ1v) is 7.17. The molecule has 1 atom stereocenters. The molecule has 0 radical (unpaired) electrons. The van der Waals surface area contributed by atoms with Crippen molar-refractivity contribution in [3.05, 3.63) is 71.8 Å². The molecule has 0 aliphatic rings. The number of aliphatic hydroxyl groups excluding tert-OH is 1. The second kappa shape index (κ2) is 7.20. The number of hydrogen-bond donors (Lipinski definition) is 1. The fourth-order valence-electron chi connectivity index (χ4n) is 2.59. The summed E-state index contributed by atoms with van der Waals surface area (Å²) >= 11 is 0. The van der Waals surface area contributed by atoms with Crippen molar-refractivity contribution < 1.29 is 19.4 Å². The van der Waals surface area contributed by atoms with Gasteiger partial charge in [0.25, 0.3) is 0 Å². The molecule has 0 aliphatic heterocycles. The number of aliphatic hydroxyl groups is 1. The molecule has 1 N–H and O–H groups in total. The molecule has 116 valence electrons. The van der Waals surface area contributed by atoms with Crippen molar-refractivity contribution in [2.24, 2.45) is 0 Å². The molecule has 22 heavy (non-hydrogen) atoms. The number of benzene rings is 2. The molecular formula is C18H20O4. The summed E-state index contributed by atoms with van der Waals surface area (Å²) in [5.74, 6) is -0.711. The Balaban J connectivity index is 2.60. The monoisotopic (exact) mass is 300 g/mol. The molecule has 0 spiro atoms. The van der Waals surface area contributed by atoms with Gasteiger partial charge in [-0.25, -0.2) is 4.79 Å². The lowest BCUT2D eigenvalue weighted by Crippen LogP contribution is -2.47. The van der Waals surface area contributed by atoms with Crippen LogP contribution in [-0.2, 0) is 19.9 Å². The van der Waals surface area contributed by atoms with Gasteiger partial charge in [0.05, 0.1) is 6.61 Å². The number of carbonyl (C=O) groups excluding carboxylic acids is 1. The number of esters is 1. The van der Waals surface area contributed by atoms with E-state index >= 15 is 0 Å². The van der Waals surface area contributed by atoms with Crippen LogP contribution in [0.2, 0.25) is 0 Å². The molecule has 0 aliphatic carbocycles. The first-order valence-electron chi connectivity index (χ1n) is 7.17. The van der Waals surface area contributed by atoms with E-state index in [-0.39, 0.29) is 6.61 Å². The van der Waals surface area contributed by atoms with Gasteiger partial charge in [-0.3, -0.25) is 0 Å². The molecule has 0 heterocycles. The SMILES string of the molecule is CCOC(=O)[C@@H](O)C(OC)(c1ccccc1)c1ccccc1. The standard InChI is InChI=1S/C18H20O4/c1-3-22-17(20)16(19)18(21-2,14-10-6-4-7-11-14)15-12-8-5-9-13-15/h4-13,16,19H,3H2,1-2H3/t16-/m1/s1. The molecule has 0 aromatic heterocycles. The Morgan fingerprint density at radius 1 is 1.05 bits per heavy atom. The van der Waals surface area contributed by atoms with E-state index in [2.05, 4.69) is 0 Å². The highest BCUT2D eigenvalue weighted by Crippen LogP contribution is 2.37. The lowest BCUT2D eigenvalue weighted by molar-refractivity contribution is -0.169. The summed E-state index contributed by atoms with van der Waals surface area (Å²) in [5.41, 5.74) is 0.0582. The van der Waals surface area contributed by atoms with Crippen LogP contribution in [0.25, 0.3) is 0 Å². The zero-order valence-corrected chi connectivity index (χ0v) is 12.7. The maximum absolute atomic E-state index is 12.1. The van der Waals surface area contributed by atoms with E-state index < -0.39 is 17.7 Å². The normalized spacial score (nSPS) is 12.7. The van der Waals surface area contributed by atoms with E-state index in [0.29, 0.717) is 11.1 Å². The highest BCUT2D eigenvalue weighted by molar-refractivity contribution is 5.77. The molecule has 2 aromatic rings. The summed E-state index contributed by atoms with van der Waals surface area (Å²) in [7, 11) is 1.47. The Morgan fingerprint density at radius 2 is 1.50 bits per heavy atom. The van der Waals surface area contributed by atoms with Gasteiger partial charge in [0.2, 0.25) is 0 Å². The van der Waals surface area contributed by atoms with Crippen LogP contribution in [0.4, 0.5) is 0 Å². The first kappa shape index (κ1) is 16.2. The minimum atomic E-state index is -1.47. The van der Waals surface area contributed by atoms with E-state index in [1.165, 1.54) is 7.11 Å². The first-order chi connectivity index (χ1) is 10.7. The molecule has 2 aromatic carbocycles. The van der Waals surface area contributed by atoms with Gasteiger partial charge in [-0.2, -0.15) is 0 Å². The van der Waals surface area contributed by atoms with Crippen molar-refractivity contribution in [3.63, 3.8) is 0 Å². The molecule has 0 amide bonds. The fourth-order valence-corrected chi connectivity index (χ4v) is 2.59.